The Morgan fingerprint density at radius 2 is 2.10 bits per heavy atom. The first kappa shape index (κ1) is 17.9. The van der Waals surface area contributed by atoms with Crippen LogP contribution >= 0.6 is 27.5 Å². The SMILES string of the molecule is CCNC(CCOCCOC)Cc1ccc(Br)cc1Cl. The molecule has 0 amide bonds. The molecule has 1 aromatic carbocycles. The predicted molar refractivity (Wildman–Crippen MR) is 87.6 cm³/mol. The topological polar surface area (TPSA) is 30.5 Å². The Bertz CT molecular complexity index is 390. The molecule has 0 saturated carbocycles. The Kier molecular flexibility index (Phi) is 9.48. The van der Waals surface area contributed by atoms with Gasteiger partial charge in [0.2, 0.25) is 0 Å². The van der Waals surface area contributed by atoms with E-state index in [0.29, 0.717) is 19.3 Å². The summed E-state index contributed by atoms with van der Waals surface area (Å²) in [4.78, 5) is 0. The van der Waals surface area contributed by atoms with E-state index in [1.165, 1.54) is 0 Å². The van der Waals surface area contributed by atoms with E-state index in [1.54, 1.807) is 7.11 Å². The highest BCUT2D eigenvalue weighted by Crippen LogP contribution is 2.23. The first-order chi connectivity index (χ1) is 9.67. The summed E-state index contributed by atoms with van der Waals surface area (Å²) in [5.74, 6) is 0. The number of hydrogen-bond acceptors (Lipinski definition) is 3. The molecule has 0 fully saturated rings. The molecule has 0 aliphatic rings. The highest BCUT2D eigenvalue weighted by atomic mass is 79.9. The first-order valence-corrected chi connectivity index (χ1v) is 8.08. The lowest BCUT2D eigenvalue weighted by atomic mass is 10.0. The summed E-state index contributed by atoms with van der Waals surface area (Å²) in [6.45, 7) is 5.08. The van der Waals surface area contributed by atoms with Crippen molar-refractivity contribution in [1.29, 1.82) is 0 Å². The summed E-state index contributed by atoms with van der Waals surface area (Å²) in [7, 11) is 1.68. The van der Waals surface area contributed by atoms with Gasteiger partial charge in [-0.1, -0.05) is 40.5 Å². The number of likely N-dealkylation sites (N-methyl/N-ethyl adjacent to an activating group) is 1. The summed E-state index contributed by atoms with van der Waals surface area (Å²) >= 11 is 9.70. The summed E-state index contributed by atoms with van der Waals surface area (Å²) < 4.78 is 11.5. The number of methoxy groups -OCH3 is 1. The normalized spacial score (nSPS) is 12.6. The van der Waals surface area contributed by atoms with Gasteiger partial charge in [0.25, 0.3) is 0 Å². The Labute approximate surface area is 135 Å². The zero-order valence-electron chi connectivity index (χ0n) is 12.1. The summed E-state index contributed by atoms with van der Waals surface area (Å²) in [6, 6.07) is 6.41. The van der Waals surface area contributed by atoms with E-state index < -0.39 is 0 Å². The van der Waals surface area contributed by atoms with Gasteiger partial charge in [-0.3, -0.25) is 0 Å². The molecule has 1 aromatic rings. The minimum Gasteiger partial charge on any atom is -0.382 e. The highest BCUT2D eigenvalue weighted by Gasteiger charge is 2.11. The van der Waals surface area contributed by atoms with Crippen LogP contribution in [0.5, 0.6) is 0 Å². The molecule has 0 aliphatic carbocycles. The smallest absolute Gasteiger partial charge is 0.0700 e. The van der Waals surface area contributed by atoms with Gasteiger partial charge in [-0.25, -0.2) is 0 Å². The number of ether oxygens (including phenoxy) is 2. The van der Waals surface area contributed by atoms with Gasteiger partial charge in [0.05, 0.1) is 13.2 Å². The van der Waals surface area contributed by atoms with Crippen LogP contribution < -0.4 is 5.32 Å². The third-order valence-electron chi connectivity index (χ3n) is 3.02. The lowest BCUT2D eigenvalue weighted by Gasteiger charge is -2.18. The molecule has 20 heavy (non-hydrogen) atoms. The molecule has 114 valence electrons. The van der Waals surface area contributed by atoms with Crippen LogP contribution in [0.2, 0.25) is 5.02 Å². The van der Waals surface area contributed by atoms with Crippen molar-refractivity contribution in [2.45, 2.75) is 25.8 Å². The lowest BCUT2D eigenvalue weighted by molar-refractivity contribution is 0.0659. The molecule has 0 radical (unpaired) electrons. The fourth-order valence-corrected chi connectivity index (χ4v) is 2.74. The van der Waals surface area contributed by atoms with Crippen LogP contribution in [-0.4, -0.2) is 39.5 Å². The van der Waals surface area contributed by atoms with E-state index in [0.717, 1.165) is 41.1 Å². The molecule has 1 N–H and O–H groups in total. The molecule has 0 aromatic heterocycles. The van der Waals surface area contributed by atoms with Crippen LogP contribution in [0, 0.1) is 0 Å². The third-order valence-corrected chi connectivity index (χ3v) is 3.86. The van der Waals surface area contributed by atoms with Crippen LogP contribution in [0.15, 0.2) is 22.7 Å². The molecular weight excluding hydrogens is 342 g/mol. The van der Waals surface area contributed by atoms with Crippen molar-refractivity contribution in [3.05, 3.63) is 33.3 Å². The Morgan fingerprint density at radius 3 is 2.75 bits per heavy atom. The minimum absolute atomic E-state index is 0.376. The molecule has 3 nitrogen and oxygen atoms in total. The molecule has 0 heterocycles. The second kappa shape index (κ2) is 10.6. The average Bonchev–Trinajstić information content (AvgIpc) is 2.41. The summed E-state index contributed by atoms with van der Waals surface area (Å²) in [5.41, 5.74) is 1.16. The first-order valence-electron chi connectivity index (χ1n) is 6.91. The minimum atomic E-state index is 0.376. The van der Waals surface area contributed by atoms with E-state index in [4.69, 9.17) is 21.1 Å². The fraction of sp³-hybridized carbons (Fsp3) is 0.600. The zero-order chi connectivity index (χ0) is 14.8. The zero-order valence-corrected chi connectivity index (χ0v) is 14.5. The van der Waals surface area contributed by atoms with Crippen LogP contribution in [0.3, 0.4) is 0 Å². The van der Waals surface area contributed by atoms with E-state index in [1.807, 2.05) is 12.1 Å². The van der Waals surface area contributed by atoms with Gasteiger partial charge in [-0.2, -0.15) is 0 Å². The van der Waals surface area contributed by atoms with Crippen molar-refractivity contribution in [3.8, 4) is 0 Å². The van der Waals surface area contributed by atoms with E-state index in [-0.39, 0.29) is 0 Å². The maximum atomic E-state index is 6.27. The van der Waals surface area contributed by atoms with Gasteiger partial charge in [0, 0.05) is 29.3 Å². The lowest BCUT2D eigenvalue weighted by Crippen LogP contribution is -2.32. The van der Waals surface area contributed by atoms with Gasteiger partial charge in [-0.15, -0.1) is 0 Å². The van der Waals surface area contributed by atoms with Crippen molar-refractivity contribution in [2.24, 2.45) is 0 Å². The summed E-state index contributed by atoms with van der Waals surface area (Å²) in [5, 5.41) is 4.29. The van der Waals surface area contributed by atoms with Gasteiger partial charge in [0.1, 0.15) is 0 Å². The molecule has 1 unspecified atom stereocenters. The summed E-state index contributed by atoms with van der Waals surface area (Å²) in [6.07, 6.45) is 1.87. The van der Waals surface area contributed by atoms with Crippen molar-refractivity contribution >= 4 is 27.5 Å². The maximum Gasteiger partial charge on any atom is 0.0700 e. The van der Waals surface area contributed by atoms with Crippen molar-refractivity contribution < 1.29 is 9.47 Å². The number of rotatable bonds is 10. The number of hydrogen-bond donors (Lipinski definition) is 1. The molecule has 0 aliphatic heterocycles. The van der Waals surface area contributed by atoms with E-state index in [9.17, 15) is 0 Å². The molecule has 5 heteroatoms. The van der Waals surface area contributed by atoms with Crippen LogP contribution in [0.4, 0.5) is 0 Å². The average molecular weight is 365 g/mol. The molecule has 1 rings (SSSR count). The van der Waals surface area contributed by atoms with Gasteiger partial charge in [0.15, 0.2) is 0 Å². The van der Waals surface area contributed by atoms with Crippen molar-refractivity contribution in [3.63, 3.8) is 0 Å². The predicted octanol–water partition coefficient (Wildman–Crippen LogP) is 3.68. The number of nitrogens with one attached hydrogen (secondary N) is 1. The molecule has 1 atom stereocenters. The number of benzene rings is 1. The fourth-order valence-electron chi connectivity index (χ4n) is 1.99. The van der Waals surface area contributed by atoms with Gasteiger partial charge in [-0.05, 0) is 37.1 Å². The third kappa shape index (κ3) is 7.04. The Hall–Kier alpha value is -0.130. The second-order valence-corrected chi connectivity index (χ2v) is 5.91. The standard InChI is InChI=1S/C15H23BrClNO2/c1-3-18-14(6-7-20-9-8-19-2)10-12-4-5-13(16)11-15(12)17/h4-5,11,14,18H,3,6-10H2,1-2H3. The maximum absolute atomic E-state index is 6.27. The Morgan fingerprint density at radius 1 is 1.30 bits per heavy atom. The number of halogens is 2. The molecular formula is C15H23BrClNO2. The van der Waals surface area contributed by atoms with Crippen molar-refractivity contribution in [2.75, 3.05) is 33.5 Å². The molecule has 0 saturated heterocycles. The van der Waals surface area contributed by atoms with Crippen LogP contribution in [0.25, 0.3) is 0 Å². The molecule has 0 bridgehead atoms. The van der Waals surface area contributed by atoms with E-state index >= 15 is 0 Å². The van der Waals surface area contributed by atoms with Gasteiger partial charge < -0.3 is 14.8 Å². The van der Waals surface area contributed by atoms with Crippen molar-refractivity contribution in [1.82, 2.24) is 5.32 Å². The van der Waals surface area contributed by atoms with E-state index in [2.05, 4.69) is 34.2 Å². The largest absolute Gasteiger partial charge is 0.382 e. The monoisotopic (exact) mass is 363 g/mol. The van der Waals surface area contributed by atoms with Crippen LogP contribution in [0.1, 0.15) is 18.9 Å². The quantitative estimate of drug-likeness (QED) is 0.643. The molecule has 0 spiro atoms. The van der Waals surface area contributed by atoms with Crippen LogP contribution in [-0.2, 0) is 15.9 Å². The Balaban J connectivity index is 2.45. The van der Waals surface area contributed by atoms with Gasteiger partial charge >= 0.3 is 0 Å². The second-order valence-electron chi connectivity index (χ2n) is 4.59. The highest BCUT2D eigenvalue weighted by molar-refractivity contribution is 9.10.